The van der Waals surface area contributed by atoms with Crippen LogP contribution in [0.25, 0.3) is 9.88 Å². The molecule has 3 aromatic rings. The summed E-state index contributed by atoms with van der Waals surface area (Å²) in [6.07, 6.45) is 4.33. The number of thiazole rings is 1. The molecule has 2 aromatic heterocycles. The fraction of sp³-hybridized carbons (Fsp3) is 0.364. The van der Waals surface area contributed by atoms with Crippen LogP contribution in [0, 0.1) is 0 Å². The molecule has 0 bridgehead atoms. The van der Waals surface area contributed by atoms with Gasteiger partial charge in [-0.25, -0.2) is 4.98 Å². The van der Waals surface area contributed by atoms with E-state index >= 15 is 0 Å². The molecule has 0 aliphatic carbocycles. The Hall–Kier alpha value is -2.02. The van der Waals surface area contributed by atoms with Gasteiger partial charge in [0, 0.05) is 18.5 Å². The molecule has 146 valence electrons. The fourth-order valence-electron chi connectivity index (χ4n) is 3.47. The standard InChI is InChI=1S/C22H25N3OS2/c26-21(13-19-16-28-22(24-19)20-5-4-12-27-20)23-14-17-6-8-18(9-7-17)15-25-10-2-1-3-11-25/h4-9,12,16H,1-3,10-11,13-15H2,(H,23,26). The number of hydrogen-bond donors (Lipinski definition) is 1. The topological polar surface area (TPSA) is 45.2 Å². The largest absolute Gasteiger partial charge is 0.352 e. The maximum absolute atomic E-state index is 12.3. The number of amides is 1. The van der Waals surface area contributed by atoms with Crippen molar-refractivity contribution in [1.82, 2.24) is 15.2 Å². The zero-order valence-electron chi connectivity index (χ0n) is 15.9. The predicted octanol–water partition coefficient (Wildman–Crippen LogP) is 4.72. The van der Waals surface area contributed by atoms with Crippen molar-refractivity contribution in [2.24, 2.45) is 0 Å². The first kappa shape index (κ1) is 19.3. The molecule has 4 rings (SSSR count). The summed E-state index contributed by atoms with van der Waals surface area (Å²) in [5.74, 6) is 0.0143. The molecule has 1 aliphatic heterocycles. The van der Waals surface area contributed by atoms with Crippen molar-refractivity contribution in [3.8, 4) is 9.88 Å². The monoisotopic (exact) mass is 411 g/mol. The van der Waals surface area contributed by atoms with Gasteiger partial charge in [-0.2, -0.15) is 0 Å². The maximum atomic E-state index is 12.3. The normalized spacial score (nSPS) is 14.9. The third-order valence-corrected chi connectivity index (χ3v) is 6.92. The number of aromatic nitrogens is 1. The SMILES string of the molecule is O=C(Cc1csc(-c2cccs2)n1)NCc1ccc(CN2CCCCC2)cc1. The number of carbonyl (C=O) groups is 1. The summed E-state index contributed by atoms with van der Waals surface area (Å²) >= 11 is 3.27. The molecular formula is C22H25N3OS2. The molecule has 28 heavy (non-hydrogen) atoms. The molecule has 6 heteroatoms. The van der Waals surface area contributed by atoms with Crippen LogP contribution in [0.4, 0.5) is 0 Å². The Kier molecular flexibility index (Phi) is 6.52. The second-order valence-electron chi connectivity index (χ2n) is 7.23. The van der Waals surface area contributed by atoms with Gasteiger partial charge < -0.3 is 5.32 Å². The van der Waals surface area contributed by atoms with Crippen LogP contribution in [0.2, 0.25) is 0 Å². The lowest BCUT2D eigenvalue weighted by Gasteiger charge is -2.26. The van der Waals surface area contributed by atoms with E-state index in [1.54, 1.807) is 22.7 Å². The number of piperidine rings is 1. The Labute approximate surface area is 174 Å². The van der Waals surface area contributed by atoms with Gasteiger partial charge in [-0.3, -0.25) is 9.69 Å². The van der Waals surface area contributed by atoms with Crippen LogP contribution < -0.4 is 5.32 Å². The van der Waals surface area contributed by atoms with Crippen LogP contribution in [-0.4, -0.2) is 28.9 Å². The van der Waals surface area contributed by atoms with E-state index < -0.39 is 0 Å². The first-order chi connectivity index (χ1) is 13.8. The van der Waals surface area contributed by atoms with Crippen molar-refractivity contribution in [3.63, 3.8) is 0 Å². The lowest BCUT2D eigenvalue weighted by molar-refractivity contribution is -0.120. The molecule has 1 saturated heterocycles. The summed E-state index contributed by atoms with van der Waals surface area (Å²) in [6.45, 7) is 4.01. The Morgan fingerprint density at radius 2 is 1.82 bits per heavy atom. The highest BCUT2D eigenvalue weighted by Gasteiger charge is 2.11. The molecule has 0 unspecified atom stereocenters. The van der Waals surface area contributed by atoms with Gasteiger partial charge in [0.05, 0.1) is 17.0 Å². The fourth-order valence-corrected chi connectivity index (χ4v) is 5.10. The summed E-state index contributed by atoms with van der Waals surface area (Å²) in [5.41, 5.74) is 3.32. The van der Waals surface area contributed by atoms with Gasteiger partial charge in [-0.15, -0.1) is 22.7 Å². The van der Waals surface area contributed by atoms with Gasteiger partial charge in [-0.1, -0.05) is 36.8 Å². The number of likely N-dealkylation sites (tertiary alicyclic amines) is 1. The second-order valence-corrected chi connectivity index (χ2v) is 9.03. The molecule has 1 aromatic carbocycles. The van der Waals surface area contributed by atoms with E-state index in [-0.39, 0.29) is 5.91 Å². The molecule has 1 amide bonds. The van der Waals surface area contributed by atoms with Crippen molar-refractivity contribution in [2.45, 2.75) is 38.8 Å². The minimum Gasteiger partial charge on any atom is -0.352 e. The number of rotatable bonds is 7. The van der Waals surface area contributed by atoms with E-state index in [2.05, 4.69) is 45.5 Å². The Bertz CT molecular complexity index is 881. The van der Waals surface area contributed by atoms with Gasteiger partial charge >= 0.3 is 0 Å². The smallest absolute Gasteiger partial charge is 0.226 e. The summed E-state index contributed by atoms with van der Waals surface area (Å²) in [5, 5.41) is 8.02. The maximum Gasteiger partial charge on any atom is 0.226 e. The van der Waals surface area contributed by atoms with Crippen LogP contribution in [-0.2, 0) is 24.3 Å². The van der Waals surface area contributed by atoms with E-state index in [4.69, 9.17) is 0 Å². The Morgan fingerprint density at radius 3 is 2.57 bits per heavy atom. The first-order valence-electron chi connectivity index (χ1n) is 9.81. The van der Waals surface area contributed by atoms with E-state index in [0.29, 0.717) is 13.0 Å². The number of carbonyl (C=O) groups excluding carboxylic acids is 1. The lowest BCUT2D eigenvalue weighted by atomic mass is 10.1. The molecule has 0 radical (unpaired) electrons. The average molecular weight is 412 g/mol. The number of hydrogen-bond acceptors (Lipinski definition) is 5. The third kappa shape index (κ3) is 5.28. The van der Waals surface area contributed by atoms with E-state index in [0.717, 1.165) is 27.7 Å². The van der Waals surface area contributed by atoms with Crippen molar-refractivity contribution < 1.29 is 4.79 Å². The molecule has 3 heterocycles. The number of nitrogens with one attached hydrogen (secondary N) is 1. The molecular weight excluding hydrogens is 386 g/mol. The first-order valence-corrected chi connectivity index (χ1v) is 11.6. The van der Waals surface area contributed by atoms with Gasteiger partial charge in [0.25, 0.3) is 0 Å². The molecule has 0 saturated carbocycles. The van der Waals surface area contributed by atoms with Gasteiger partial charge in [-0.05, 0) is 48.5 Å². The van der Waals surface area contributed by atoms with E-state index in [1.165, 1.54) is 37.9 Å². The van der Waals surface area contributed by atoms with Crippen molar-refractivity contribution >= 4 is 28.6 Å². The second kappa shape index (κ2) is 9.45. The lowest BCUT2D eigenvalue weighted by Crippen LogP contribution is -2.29. The highest BCUT2D eigenvalue weighted by molar-refractivity contribution is 7.20. The van der Waals surface area contributed by atoms with Crippen LogP contribution in [0.5, 0.6) is 0 Å². The van der Waals surface area contributed by atoms with Crippen molar-refractivity contribution in [1.29, 1.82) is 0 Å². The zero-order chi connectivity index (χ0) is 19.2. The third-order valence-electron chi connectivity index (χ3n) is 4.99. The summed E-state index contributed by atoms with van der Waals surface area (Å²) in [4.78, 5) is 20.5. The highest BCUT2D eigenvalue weighted by Crippen LogP contribution is 2.27. The van der Waals surface area contributed by atoms with E-state index in [9.17, 15) is 4.79 Å². The Balaban J connectivity index is 1.24. The van der Waals surface area contributed by atoms with Crippen LogP contribution >= 0.6 is 22.7 Å². The highest BCUT2D eigenvalue weighted by atomic mass is 32.1. The minimum absolute atomic E-state index is 0.0143. The van der Waals surface area contributed by atoms with Gasteiger partial charge in [0.2, 0.25) is 5.91 Å². The number of nitrogens with zero attached hydrogens (tertiary/aromatic N) is 2. The predicted molar refractivity (Wildman–Crippen MR) is 117 cm³/mol. The van der Waals surface area contributed by atoms with Gasteiger partial charge in [0.15, 0.2) is 0 Å². The zero-order valence-corrected chi connectivity index (χ0v) is 17.5. The molecule has 0 spiro atoms. The van der Waals surface area contributed by atoms with E-state index in [1.807, 2.05) is 16.8 Å². The van der Waals surface area contributed by atoms with Crippen LogP contribution in [0.15, 0.2) is 47.2 Å². The average Bonchev–Trinajstić information content (AvgIpc) is 3.40. The van der Waals surface area contributed by atoms with Crippen molar-refractivity contribution in [2.75, 3.05) is 13.1 Å². The number of thiophene rings is 1. The molecule has 1 N–H and O–H groups in total. The Morgan fingerprint density at radius 1 is 1.04 bits per heavy atom. The number of benzene rings is 1. The minimum atomic E-state index is 0.0143. The van der Waals surface area contributed by atoms with Crippen LogP contribution in [0.1, 0.15) is 36.1 Å². The van der Waals surface area contributed by atoms with Crippen LogP contribution in [0.3, 0.4) is 0 Å². The summed E-state index contributed by atoms with van der Waals surface area (Å²) in [7, 11) is 0. The quantitative estimate of drug-likeness (QED) is 0.612. The summed E-state index contributed by atoms with van der Waals surface area (Å²) < 4.78 is 0. The molecule has 1 fully saturated rings. The summed E-state index contributed by atoms with van der Waals surface area (Å²) in [6, 6.07) is 12.7. The molecule has 4 nitrogen and oxygen atoms in total. The molecule has 1 aliphatic rings. The van der Waals surface area contributed by atoms with Gasteiger partial charge in [0.1, 0.15) is 5.01 Å². The van der Waals surface area contributed by atoms with Crippen molar-refractivity contribution in [3.05, 3.63) is 64.0 Å². The molecule has 0 atom stereocenters.